The zero-order valence-electron chi connectivity index (χ0n) is 9.72. The average Bonchev–Trinajstić information content (AvgIpc) is 2.17. The van der Waals surface area contributed by atoms with Gasteiger partial charge in [0, 0.05) is 6.54 Å². The summed E-state index contributed by atoms with van der Waals surface area (Å²) >= 11 is 0. The molecule has 0 spiro atoms. The summed E-state index contributed by atoms with van der Waals surface area (Å²) in [4.78, 5) is 22.8. The van der Waals surface area contributed by atoms with Crippen molar-refractivity contribution in [1.29, 1.82) is 0 Å². The maximum Gasteiger partial charge on any atom is 0.321 e. The Hall–Kier alpha value is -1.06. The first-order valence-corrected chi connectivity index (χ1v) is 5.59. The fraction of sp³-hybridized carbons (Fsp3) is 0.818. The molecule has 0 aromatic heterocycles. The molecule has 1 unspecified atom stereocenters. The van der Waals surface area contributed by atoms with Crippen molar-refractivity contribution in [3.05, 3.63) is 0 Å². The maximum absolute atomic E-state index is 11.8. The lowest BCUT2D eigenvalue weighted by atomic mass is 9.77. The van der Waals surface area contributed by atoms with E-state index in [2.05, 4.69) is 24.5 Å². The number of rotatable bonds is 4. The van der Waals surface area contributed by atoms with Crippen molar-refractivity contribution in [2.45, 2.75) is 40.0 Å². The number of imide groups is 1. The van der Waals surface area contributed by atoms with Gasteiger partial charge in [0.1, 0.15) is 0 Å². The van der Waals surface area contributed by atoms with E-state index in [1.54, 1.807) is 0 Å². The highest BCUT2D eigenvalue weighted by atomic mass is 16.2. The Balaban J connectivity index is 2.66. The van der Waals surface area contributed by atoms with E-state index in [1.165, 1.54) is 0 Å². The van der Waals surface area contributed by atoms with Gasteiger partial charge in [-0.3, -0.25) is 10.1 Å². The molecule has 1 heterocycles. The van der Waals surface area contributed by atoms with Gasteiger partial charge in [0.25, 0.3) is 0 Å². The lowest BCUT2D eigenvalue weighted by molar-refractivity contribution is -0.131. The van der Waals surface area contributed by atoms with Gasteiger partial charge in [-0.25, -0.2) is 4.79 Å². The third-order valence-electron chi connectivity index (χ3n) is 3.17. The second-order valence-corrected chi connectivity index (χ2v) is 4.70. The third kappa shape index (κ3) is 2.70. The monoisotopic (exact) mass is 212 g/mol. The largest absolute Gasteiger partial charge is 0.337 e. The fourth-order valence-electron chi connectivity index (χ4n) is 1.84. The first kappa shape index (κ1) is 12.0. The summed E-state index contributed by atoms with van der Waals surface area (Å²) in [6, 6.07) is -0.367. The molecule has 1 fully saturated rings. The van der Waals surface area contributed by atoms with Crippen molar-refractivity contribution in [2.24, 2.45) is 11.3 Å². The second kappa shape index (κ2) is 4.64. The number of carbonyl (C=O) groups is 2. The maximum atomic E-state index is 11.8. The molecule has 1 aliphatic rings. The number of nitrogens with one attached hydrogen (secondary N) is 2. The first-order valence-electron chi connectivity index (χ1n) is 5.59. The molecule has 1 rings (SSSR count). The summed E-state index contributed by atoms with van der Waals surface area (Å²) in [6.45, 7) is 6.75. The fourth-order valence-corrected chi connectivity index (χ4v) is 1.84. The summed E-state index contributed by atoms with van der Waals surface area (Å²) in [5.41, 5.74) is -0.391. The molecule has 0 aromatic carbocycles. The van der Waals surface area contributed by atoms with Crippen LogP contribution in [0.3, 0.4) is 0 Å². The van der Waals surface area contributed by atoms with Crippen LogP contribution in [0.5, 0.6) is 0 Å². The molecule has 0 radical (unpaired) electrons. The number of hydrogen-bond acceptors (Lipinski definition) is 2. The van der Waals surface area contributed by atoms with E-state index in [4.69, 9.17) is 0 Å². The Kier molecular flexibility index (Phi) is 3.72. The minimum atomic E-state index is -0.391. The number of amides is 3. The predicted molar refractivity (Wildman–Crippen MR) is 58.3 cm³/mol. The van der Waals surface area contributed by atoms with E-state index < -0.39 is 5.41 Å². The average molecular weight is 212 g/mol. The summed E-state index contributed by atoms with van der Waals surface area (Å²) in [7, 11) is 0. The van der Waals surface area contributed by atoms with Crippen LogP contribution < -0.4 is 10.6 Å². The molecule has 0 bridgehead atoms. The van der Waals surface area contributed by atoms with Gasteiger partial charge in [-0.15, -0.1) is 0 Å². The first-order chi connectivity index (χ1) is 7.00. The quantitative estimate of drug-likeness (QED) is 0.744. The van der Waals surface area contributed by atoms with Gasteiger partial charge < -0.3 is 5.32 Å². The molecule has 0 aliphatic carbocycles. The highest BCUT2D eigenvalue weighted by molar-refractivity contribution is 5.99. The van der Waals surface area contributed by atoms with Crippen LogP contribution in [0.2, 0.25) is 0 Å². The predicted octanol–water partition coefficient (Wildman–Crippen LogP) is 1.66. The van der Waals surface area contributed by atoms with Crippen LogP contribution >= 0.6 is 0 Å². The van der Waals surface area contributed by atoms with Crippen molar-refractivity contribution < 1.29 is 9.59 Å². The summed E-state index contributed by atoms with van der Waals surface area (Å²) in [5.74, 6) is 0.466. The van der Waals surface area contributed by atoms with Crippen molar-refractivity contribution in [3.8, 4) is 0 Å². The van der Waals surface area contributed by atoms with E-state index >= 15 is 0 Å². The van der Waals surface area contributed by atoms with Crippen molar-refractivity contribution in [1.82, 2.24) is 10.6 Å². The van der Waals surface area contributed by atoms with Crippen LogP contribution in [0, 0.1) is 11.3 Å². The summed E-state index contributed by atoms with van der Waals surface area (Å²) < 4.78 is 0. The molecule has 0 saturated carbocycles. The highest BCUT2D eigenvalue weighted by Crippen LogP contribution is 2.31. The van der Waals surface area contributed by atoms with Crippen LogP contribution in [0.15, 0.2) is 0 Å². The lowest BCUT2D eigenvalue weighted by Gasteiger charge is -2.35. The van der Waals surface area contributed by atoms with Crippen molar-refractivity contribution >= 4 is 11.9 Å². The highest BCUT2D eigenvalue weighted by Gasteiger charge is 2.40. The number of hydrogen-bond donors (Lipinski definition) is 2. The molecule has 3 amide bonds. The Morgan fingerprint density at radius 2 is 2.07 bits per heavy atom. The van der Waals surface area contributed by atoms with Crippen LogP contribution in [-0.4, -0.2) is 18.5 Å². The molecule has 86 valence electrons. The minimum Gasteiger partial charge on any atom is -0.337 e. The van der Waals surface area contributed by atoms with Crippen LogP contribution in [-0.2, 0) is 4.79 Å². The van der Waals surface area contributed by atoms with Gasteiger partial charge >= 0.3 is 6.03 Å². The zero-order chi connectivity index (χ0) is 11.5. The van der Waals surface area contributed by atoms with Gasteiger partial charge in [-0.2, -0.15) is 0 Å². The van der Waals surface area contributed by atoms with E-state index in [9.17, 15) is 9.59 Å². The smallest absolute Gasteiger partial charge is 0.321 e. The van der Waals surface area contributed by atoms with E-state index in [1.807, 2.05) is 6.92 Å². The van der Waals surface area contributed by atoms with Gasteiger partial charge in [0.05, 0.1) is 5.41 Å². The SMILES string of the molecule is CCC1(CCC(C)C)CNC(=O)NC1=O. The van der Waals surface area contributed by atoms with Crippen molar-refractivity contribution in [2.75, 3.05) is 6.54 Å². The van der Waals surface area contributed by atoms with E-state index in [-0.39, 0.29) is 11.9 Å². The molecule has 1 atom stereocenters. The number of urea groups is 1. The van der Waals surface area contributed by atoms with Gasteiger partial charge in [-0.1, -0.05) is 20.8 Å². The second-order valence-electron chi connectivity index (χ2n) is 4.70. The molecule has 4 heteroatoms. The van der Waals surface area contributed by atoms with Gasteiger partial charge in [0.15, 0.2) is 0 Å². The Labute approximate surface area is 90.8 Å². The van der Waals surface area contributed by atoms with Crippen LogP contribution in [0.4, 0.5) is 4.79 Å². The standard InChI is InChI=1S/C11H20N2O2/c1-4-11(6-5-8(2)3)7-12-10(15)13-9(11)14/h8H,4-7H2,1-3H3,(H2,12,13,14,15). The molecular formula is C11H20N2O2. The van der Waals surface area contributed by atoms with Crippen molar-refractivity contribution in [3.63, 3.8) is 0 Å². The Morgan fingerprint density at radius 3 is 2.53 bits per heavy atom. The number of carbonyl (C=O) groups excluding carboxylic acids is 2. The summed E-state index contributed by atoms with van der Waals surface area (Å²) in [6.07, 6.45) is 2.62. The molecule has 2 N–H and O–H groups in total. The third-order valence-corrected chi connectivity index (χ3v) is 3.17. The van der Waals surface area contributed by atoms with Gasteiger partial charge in [0.2, 0.25) is 5.91 Å². The molecule has 0 aromatic rings. The molecule has 1 saturated heterocycles. The van der Waals surface area contributed by atoms with Gasteiger partial charge in [-0.05, 0) is 25.2 Å². The zero-order valence-corrected chi connectivity index (χ0v) is 9.72. The van der Waals surface area contributed by atoms with Crippen LogP contribution in [0.1, 0.15) is 40.0 Å². The minimum absolute atomic E-state index is 0.116. The topological polar surface area (TPSA) is 58.2 Å². The lowest BCUT2D eigenvalue weighted by Crippen LogP contribution is -2.58. The van der Waals surface area contributed by atoms with E-state index in [0.29, 0.717) is 12.5 Å². The Morgan fingerprint density at radius 1 is 1.40 bits per heavy atom. The normalized spacial score (nSPS) is 26.4. The van der Waals surface area contributed by atoms with E-state index in [0.717, 1.165) is 19.3 Å². The molecule has 4 nitrogen and oxygen atoms in total. The molecule has 1 aliphatic heterocycles. The summed E-state index contributed by atoms with van der Waals surface area (Å²) in [5, 5.41) is 5.06. The Bertz CT molecular complexity index is 263. The molecular weight excluding hydrogens is 192 g/mol. The molecule has 15 heavy (non-hydrogen) atoms. The van der Waals surface area contributed by atoms with Crippen LogP contribution in [0.25, 0.3) is 0 Å².